The van der Waals surface area contributed by atoms with Crippen LogP contribution < -0.4 is 9.80 Å². The molecule has 0 spiro atoms. The molecule has 4 nitrogen and oxygen atoms in total. The van der Waals surface area contributed by atoms with Gasteiger partial charge in [-0.05, 0) is 42.4 Å². The Morgan fingerprint density at radius 3 is 1.41 bits per heavy atom. The van der Waals surface area contributed by atoms with Gasteiger partial charge >= 0.3 is 0 Å². The summed E-state index contributed by atoms with van der Waals surface area (Å²) in [6.45, 7) is 1.32. The number of likely N-dealkylation sites (tertiary alicyclic amines) is 1. The number of Topliss-reactive ketones (excluding diaryl/α,β-unsaturated/α-hetero) is 1. The van der Waals surface area contributed by atoms with Crippen molar-refractivity contribution in [3.8, 4) is 0 Å². The fraction of sp³-hybridized carbons (Fsp3) is 0.250. The van der Waals surface area contributed by atoms with E-state index in [1.807, 2.05) is 71.7 Å². The molecule has 0 atom stereocenters. The van der Waals surface area contributed by atoms with E-state index < -0.39 is 0 Å². The number of allylic oxidation sites excluding steroid dienone is 4. The van der Waals surface area contributed by atoms with Crippen molar-refractivity contribution in [2.24, 2.45) is 0 Å². The predicted molar refractivity (Wildman–Crippen MR) is 138 cm³/mol. The van der Waals surface area contributed by atoms with E-state index in [-0.39, 0.29) is 5.78 Å². The lowest BCUT2D eigenvalue weighted by molar-refractivity contribution is -0.113. The molecule has 0 aromatic heterocycles. The molecule has 32 heavy (non-hydrogen) atoms. The summed E-state index contributed by atoms with van der Waals surface area (Å²) in [5.41, 5.74) is 6.19. The van der Waals surface area contributed by atoms with Gasteiger partial charge in [-0.3, -0.25) is 9.69 Å². The summed E-state index contributed by atoms with van der Waals surface area (Å²) in [7, 11) is 10.2. The third-order valence-corrected chi connectivity index (χ3v) is 5.45. The zero-order valence-electron chi connectivity index (χ0n) is 19.7. The van der Waals surface area contributed by atoms with Crippen LogP contribution in [0, 0.1) is 0 Å². The Morgan fingerprint density at radius 2 is 1.06 bits per heavy atom. The number of carbonyl (C=O) groups is 1. The van der Waals surface area contributed by atoms with Crippen LogP contribution in [0.15, 0.2) is 84.0 Å². The molecule has 166 valence electrons. The summed E-state index contributed by atoms with van der Waals surface area (Å²) < 4.78 is 0. The maximum atomic E-state index is 13.0. The molecule has 2 aromatic carbocycles. The largest absolute Gasteiger partial charge is 0.378 e. The SMILES string of the molecule is CN1C/C(=C\C=C\c2ccc(N(C)C)cc2)C(=O)/C(=C/C=C/c2ccc(N(C)C)cc2)C1. The van der Waals surface area contributed by atoms with Crippen molar-refractivity contribution in [2.75, 3.05) is 58.1 Å². The minimum Gasteiger partial charge on any atom is -0.378 e. The van der Waals surface area contributed by atoms with E-state index >= 15 is 0 Å². The molecule has 3 rings (SSSR count). The van der Waals surface area contributed by atoms with Gasteiger partial charge < -0.3 is 9.80 Å². The number of likely N-dealkylation sites (N-methyl/N-ethyl adjacent to an activating group) is 1. The number of ketones is 1. The topological polar surface area (TPSA) is 26.8 Å². The standard InChI is InChI=1S/C28H33N3O/c1-29(2)26-16-12-22(13-17-26)8-6-10-24-20-31(5)21-25(28(24)32)11-7-9-23-14-18-27(19-15-23)30(3)4/h6-19H,20-21H2,1-5H3/b8-6+,9-7+,24-10+,25-11+. The highest BCUT2D eigenvalue weighted by Gasteiger charge is 2.22. The Morgan fingerprint density at radius 1 is 0.688 bits per heavy atom. The smallest absolute Gasteiger partial charge is 0.187 e. The minimum atomic E-state index is 0.128. The van der Waals surface area contributed by atoms with Gasteiger partial charge in [-0.2, -0.15) is 0 Å². The molecule has 2 aromatic rings. The van der Waals surface area contributed by atoms with Crippen LogP contribution in [0.4, 0.5) is 11.4 Å². The van der Waals surface area contributed by atoms with Crippen molar-refractivity contribution in [3.05, 3.63) is 95.1 Å². The number of hydrogen-bond donors (Lipinski definition) is 0. The maximum absolute atomic E-state index is 13.0. The summed E-state index contributed by atoms with van der Waals surface area (Å²) in [5, 5.41) is 0. The van der Waals surface area contributed by atoms with Crippen LogP contribution in [0.5, 0.6) is 0 Å². The average Bonchev–Trinajstić information content (AvgIpc) is 2.77. The van der Waals surface area contributed by atoms with Crippen LogP contribution in [-0.4, -0.2) is 59.0 Å². The highest BCUT2D eigenvalue weighted by Crippen LogP contribution is 2.18. The Bertz CT molecular complexity index is 956. The van der Waals surface area contributed by atoms with Crippen LogP contribution in [0.25, 0.3) is 12.2 Å². The lowest BCUT2D eigenvalue weighted by Gasteiger charge is -2.25. The van der Waals surface area contributed by atoms with Gasteiger partial charge in [0.15, 0.2) is 5.78 Å². The number of piperidine rings is 1. The Hall–Kier alpha value is -3.37. The molecule has 0 amide bonds. The first-order chi connectivity index (χ1) is 15.3. The predicted octanol–water partition coefficient (Wildman–Crippen LogP) is 4.91. The lowest BCUT2D eigenvalue weighted by atomic mass is 9.97. The highest BCUT2D eigenvalue weighted by molar-refractivity contribution is 6.10. The van der Waals surface area contributed by atoms with Crippen molar-refractivity contribution in [2.45, 2.75) is 0 Å². The fourth-order valence-electron chi connectivity index (χ4n) is 3.56. The minimum absolute atomic E-state index is 0.128. The van der Waals surface area contributed by atoms with Crippen molar-refractivity contribution in [1.29, 1.82) is 0 Å². The van der Waals surface area contributed by atoms with Crippen molar-refractivity contribution >= 4 is 29.3 Å². The van der Waals surface area contributed by atoms with E-state index in [2.05, 4.69) is 63.2 Å². The maximum Gasteiger partial charge on any atom is 0.187 e. The summed E-state index contributed by atoms with van der Waals surface area (Å²) >= 11 is 0. The molecule has 0 saturated carbocycles. The fourth-order valence-corrected chi connectivity index (χ4v) is 3.56. The second-order valence-corrected chi connectivity index (χ2v) is 8.58. The van der Waals surface area contributed by atoms with E-state index in [4.69, 9.17) is 0 Å². The third-order valence-electron chi connectivity index (χ3n) is 5.45. The van der Waals surface area contributed by atoms with Crippen LogP contribution in [0.2, 0.25) is 0 Å². The number of rotatable bonds is 6. The van der Waals surface area contributed by atoms with Gasteiger partial charge in [0.25, 0.3) is 0 Å². The average molecular weight is 428 g/mol. The van der Waals surface area contributed by atoms with Gasteiger partial charge in [-0.15, -0.1) is 0 Å². The lowest BCUT2D eigenvalue weighted by Crippen LogP contribution is -2.34. The first kappa shape index (κ1) is 23.3. The molecule has 1 heterocycles. The van der Waals surface area contributed by atoms with Gasteiger partial charge in [0.2, 0.25) is 0 Å². The van der Waals surface area contributed by atoms with Crippen LogP contribution in [0.3, 0.4) is 0 Å². The summed E-state index contributed by atoms with van der Waals surface area (Å²) in [6.07, 6.45) is 11.9. The van der Waals surface area contributed by atoms with Gasteiger partial charge in [0, 0.05) is 63.8 Å². The molecule has 1 aliphatic heterocycles. The third kappa shape index (κ3) is 6.32. The highest BCUT2D eigenvalue weighted by atomic mass is 16.1. The first-order valence-corrected chi connectivity index (χ1v) is 10.9. The van der Waals surface area contributed by atoms with Gasteiger partial charge in [-0.1, -0.05) is 60.7 Å². The zero-order valence-corrected chi connectivity index (χ0v) is 19.7. The van der Waals surface area contributed by atoms with E-state index in [1.54, 1.807) is 0 Å². The number of hydrogen-bond acceptors (Lipinski definition) is 4. The molecule has 0 aliphatic carbocycles. The van der Waals surface area contributed by atoms with E-state index in [0.29, 0.717) is 13.1 Å². The number of carbonyl (C=O) groups excluding carboxylic acids is 1. The van der Waals surface area contributed by atoms with Crippen LogP contribution in [-0.2, 0) is 4.79 Å². The Balaban J connectivity index is 1.69. The molecule has 0 radical (unpaired) electrons. The normalized spacial score (nSPS) is 17.7. The molecule has 1 fully saturated rings. The summed E-state index contributed by atoms with van der Waals surface area (Å²) in [5.74, 6) is 0.128. The Labute approximate surface area is 192 Å². The quantitative estimate of drug-likeness (QED) is 0.612. The van der Waals surface area contributed by atoms with Crippen LogP contribution in [0.1, 0.15) is 11.1 Å². The van der Waals surface area contributed by atoms with E-state index in [1.165, 1.54) is 11.4 Å². The zero-order chi connectivity index (χ0) is 23.1. The molecular weight excluding hydrogens is 394 g/mol. The second kappa shape index (κ2) is 10.8. The molecule has 0 bridgehead atoms. The second-order valence-electron chi connectivity index (χ2n) is 8.58. The molecular formula is C28H33N3O. The van der Waals surface area contributed by atoms with Crippen molar-refractivity contribution in [3.63, 3.8) is 0 Å². The van der Waals surface area contributed by atoms with E-state index in [9.17, 15) is 4.79 Å². The molecule has 4 heteroatoms. The number of anilines is 2. The molecule has 1 aliphatic rings. The van der Waals surface area contributed by atoms with Crippen molar-refractivity contribution < 1.29 is 4.79 Å². The number of benzene rings is 2. The first-order valence-electron chi connectivity index (χ1n) is 10.9. The number of nitrogens with zero attached hydrogens (tertiary/aromatic N) is 3. The summed E-state index contributed by atoms with van der Waals surface area (Å²) in [4.78, 5) is 19.3. The Kier molecular flexibility index (Phi) is 7.85. The molecule has 0 N–H and O–H groups in total. The van der Waals surface area contributed by atoms with Gasteiger partial charge in [0.1, 0.15) is 0 Å². The van der Waals surface area contributed by atoms with Crippen LogP contribution >= 0.6 is 0 Å². The molecule has 0 unspecified atom stereocenters. The monoisotopic (exact) mass is 427 g/mol. The van der Waals surface area contributed by atoms with Gasteiger partial charge in [0.05, 0.1) is 0 Å². The van der Waals surface area contributed by atoms with Gasteiger partial charge in [-0.25, -0.2) is 0 Å². The van der Waals surface area contributed by atoms with Crippen molar-refractivity contribution in [1.82, 2.24) is 4.90 Å². The molecule has 1 saturated heterocycles. The summed E-state index contributed by atoms with van der Waals surface area (Å²) in [6, 6.07) is 16.7. The van der Waals surface area contributed by atoms with E-state index in [0.717, 1.165) is 22.3 Å².